The van der Waals surface area contributed by atoms with Crippen molar-refractivity contribution in [2.24, 2.45) is 5.92 Å². The van der Waals surface area contributed by atoms with Gasteiger partial charge in [0.05, 0.1) is 6.61 Å². The zero-order valence-electron chi connectivity index (χ0n) is 14.8. The molecule has 1 aliphatic heterocycles. The van der Waals surface area contributed by atoms with Crippen molar-refractivity contribution >= 4 is 5.82 Å². The van der Waals surface area contributed by atoms with E-state index in [1.165, 1.54) is 18.9 Å². The van der Waals surface area contributed by atoms with Gasteiger partial charge in [-0.25, -0.2) is 9.97 Å². The highest BCUT2D eigenvalue weighted by atomic mass is 19.4. The molecule has 2 aromatic rings. The highest BCUT2D eigenvalue weighted by molar-refractivity contribution is 5.40. The number of halogens is 3. The van der Waals surface area contributed by atoms with Crippen LogP contribution >= 0.6 is 0 Å². The van der Waals surface area contributed by atoms with Gasteiger partial charge in [-0.3, -0.25) is 4.98 Å². The molecule has 0 unspecified atom stereocenters. The molecule has 0 N–H and O–H groups in total. The normalized spacial score (nSPS) is 18.6. The van der Waals surface area contributed by atoms with Crippen molar-refractivity contribution < 1.29 is 17.9 Å². The molecule has 2 fully saturated rings. The molecule has 27 heavy (non-hydrogen) atoms. The summed E-state index contributed by atoms with van der Waals surface area (Å²) in [5.74, 6) is 2.09. The lowest BCUT2D eigenvalue weighted by atomic mass is 9.98. The fraction of sp³-hybridized carbons (Fsp3) is 0.526. The molecule has 2 aromatic heterocycles. The van der Waals surface area contributed by atoms with Gasteiger partial charge in [0, 0.05) is 43.0 Å². The molecule has 0 radical (unpaired) electrons. The topological polar surface area (TPSA) is 51.1 Å². The lowest BCUT2D eigenvalue weighted by Gasteiger charge is -2.32. The SMILES string of the molecule is FC(F)(F)c1cc(OCC2CCN(c3cc(C4CC4)ncn3)CC2)ccn1. The summed E-state index contributed by atoms with van der Waals surface area (Å²) >= 11 is 0. The van der Waals surface area contributed by atoms with E-state index in [0.29, 0.717) is 18.4 Å². The predicted molar refractivity (Wildman–Crippen MR) is 93.7 cm³/mol. The van der Waals surface area contributed by atoms with Crippen LogP contribution in [-0.2, 0) is 6.18 Å². The summed E-state index contributed by atoms with van der Waals surface area (Å²) in [6.07, 6.45) is 2.57. The Labute approximate surface area is 155 Å². The van der Waals surface area contributed by atoms with Crippen molar-refractivity contribution in [3.8, 4) is 5.75 Å². The number of pyridine rings is 1. The average molecular weight is 378 g/mol. The summed E-state index contributed by atoms with van der Waals surface area (Å²) in [4.78, 5) is 14.3. The van der Waals surface area contributed by atoms with E-state index in [9.17, 15) is 13.2 Å². The van der Waals surface area contributed by atoms with Gasteiger partial charge in [0.1, 0.15) is 23.6 Å². The van der Waals surface area contributed by atoms with Crippen molar-refractivity contribution in [1.82, 2.24) is 15.0 Å². The molecular formula is C19H21F3N4O. The summed E-state index contributed by atoms with van der Waals surface area (Å²) in [7, 11) is 0. The first-order chi connectivity index (χ1) is 13.0. The minimum Gasteiger partial charge on any atom is -0.493 e. The molecule has 0 aromatic carbocycles. The quantitative estimate of drug-likeness (QED) is 0.785. The van der Waals surface area contributed by atoms with Gasteiger partial charge in [-0.1, -0.05) is 0 Å². The van der Waals surface area contributed by atoms with Crippen molar-refractivity contribution in [2.75, 3.05) is 24.6 Å². The van der Waals surface area contributed by atoms with Crippen molar-refractivity contribution in [3.05, 3.63) is 42.1 Å². The number of nitrogens with zero attached hydrogens (tertiary/aromatic N) is 4. The first-order valence-corrected chi connectivity index (χ1v) is 9.22. The van der Waals surface area contributed by atoms with Crippen LogP contribution in [0.4, 0.5) is 19.0 Å². The summed E-state index contributed by atoms with van der Waals surface area (Å²) in [5.41, 5.74) is 0.202. The molecule has 0 spiro atoms. The molecule has 144 valence electrons. The molecule has 8 heteroatoms. The Bertz CT molecular complexity index is 787. The third-order valence-electron chi connectivity index (χ3n) is 5.12. The third kappa shape index (κ3) is 4.48. The summed E-state index contributed by atoms with van der Waals surface area (Å²) in [5, 5.41) is 0. The lowest BCUT2D eigenvalue weighted by molar-refractivity contribution is -0.141. The second-order valence-corrected chi connectivity index (χ2v) is 7.19. The third-order valence-corrected chi connectivity index (χ3v) is 5.12. The number of ether oxygens (including phenoxy) is 1. The van der Waals surface area contributed by atoms with Crippen LogP contribution in [0.3, 0.4) is 0 Å². The number of rotatable bonds is 5. The first kappa shape index (κ1) is 18.0. The van der Waals surface area contributed by atoms with E-state index in [4.69, 9.17) is 4.74 Å². The molecule has 1 saturated carbocycles. The van der Waals surface area contributed by atoms with Crippen LogP contribution in [0.15, 0.2) is 30.7 Å². The first-order valence-electron chi connectivity index (χ1n) is 9.22. The van der Waals surface area contributed by atoms with Crippen molar-refractivity contribution in [2.45, 2.75) is 37.8 Å². The molecule has 0 bridgehead atoms. The van der Waals surface area contributed by atoms with E-state index < -0.39 is 11.9 Å². The summed E-state index contributed by atoms with van der Waals surface area (Å²) < 4.78 is 43.7. The molecule has 0 atom stereocenters. The van der Waals surface area contributed by atoms with Gasteiger partial charge in [-0.2, -0.15) is 13.2 Å². The zero-order valence-corrected chi connectivity index (χ0v) is 14.8. The number of hydrogen-bond acceptors (Lipinski definition) is 5. The Kier molecular flexibility index (Phi) is 4.88. The van der Waals surface area contributed by atoms with E-state index >= 15 is 0 Å². The van der Waals surface area contributed by atoms with E-state index in [1.807, 2.05) is 0 Å². The van der Waals surface area contributed by atoms with Gasteiger partial charge in [0.15, 0.2) is 0 Å². The molecule has 3 heterocycles. The fourth-order valence-corrected chi connectivity index (χ4v) is 3.34. The molecule has 2 aliphatic rings. The van der Waals surface area contributed by atoms with Gasteiger partial charge in [0.25, 0.3) is 0 Å². The van der Waals surface area contributed by atoms with Gasteiger partial charge >= 0.3 is 6.18 Å². The summed E-state index contributed by atoms with van der Waals surface area (Å²) in [6, 6.07) is 4.50. The largest absolute Gasteiger partial charge is 0.493 e. The van der Waals surface area contributed by atoms with Crippen LogP contribution in [0.1, 0.15) is 43.0 Å². The van der Waals surface area contributed by atoms with Crippen LogP contribution in [0.5, 0.6) is 5.75 Å². The second-order valence-electron chi connectivity index (χ2n) is 7.19. The second kappa shape index (κ2) is 7.32. The molecule has 4 rings (SSSR count). The van der Waals surface area contributed by atoms with Crippen LogP contribution in [0.25, 0.3) is 0 Å². The molecule has 0 amide bonds. The Hall–Kier alpha value is -2.38. The molecule has 1 aliphatic carbocycles. The number of alkyl halides is 3. The van der Waals surface area contributed by atoms with E-state index in [2.05, 4.69) is 25.9 Å². The molecule has 1 saturated heterocycles. The predicted octanol–water partition coefficient (Wildman–Crippen LogP) is 4.06. The maximum atomic E-state index is 12.7. The monoisotopic (exact) mass is 378 g/mol. The van der Waals surface area contributed by atoms with E-state index in [-0.39, 0.29) is 5.75 Å². The maximum Gasteiger partial charge on any atom is 0.433 e. The minimum atomic E-state index is -4.46. The smallest absolute Gasteiger partial charge is 0.433 e. The number of anilines is 1. The Morgan fingerprint density at radius 2 is 1.81 bits per heavy atom. The zero-order chi connectivity index (χ0) is 18.9. The number of hydrogen-bond donors (Lipinski definition) is 0. The van der Waals surface area contributed by atoms with Crippen LogP contribution in [0.2, 0.25) is 0 Å². The lowest BCUT2D eigenvalue weighted by Crippen LogP contribution is -2.36. The number of aromatic nitrogens is 3. The minimum absolute atomic E-state index is 0.213. The van der Waals surface area contributed by atoms with E-state index in [1.54, 1.807) is 6.33 Å². The van der Waals surface area contributed by atoms with Crippen LogP contribution < -0.4 is 9.64 Å². The van der Waals surface area contributed by atoms with Crippen molar-refractivity contribution in [1.29, 1.82) is 0 Å². The van der Waals surface area contributed by atoms with Gasteiger partial charge < -0.3 is 9.64 Å². The molecule has 5 nitrogen and oxygen atoms in total. The standard InChI is InChI=1S/C19H21F3N4O/c20-19(21,22)17-9-15(3-6-23-17)27-11-13-4-7-26(8-5-13)18-10-16(14-1-2-14)24-12-25-18/h3,6,9-10,12-14H,1-2,4-5,7-8,11H2. The summed E-state index contributed by atoms with van der Waals surface area (Å²) in [6.45, 7) is 2.13. The van der Waals surface area contributed by atoms with Gasteiger partial charge in [-0.15, -0.1) is 0 Å². The highest BCUT2D eigenvalue weighted by Gasteiger charge is 2.33. The average Bonchev–Trinajstić information content (AvgIpc) is 3.52. The highest BCUT2D eigenvalue weighted by Crippen LogP contribution is 2.39. The molecular weight excluding hydrogens is 357 g/mol. The van der Waals surface area contributed by atoms with Crippen LogP contribution in [-0.4, -0.2) is 34.6 Å². The van der Waals surface area contributed by atoms with Gasteiger partial charge in [-0.05, 0) is 37.7 Å². The van der Waals surface area contributed by atoms with E-state index in [0.717, 1.165) is 49.7 Å². The van der Waals surface area contributed by atoms with Crippen molar-refractivity contribution in [3.63, 3.8) is 0 Å². The Morgan fingerprint density at radius 3 is 2.52 bits per heavy atom. The number of piperidine rings is 1. The fourth-order valence-electron chi connectivity index (χ4n) is 3.34. The Balaban J connectivity index is 1.29. The van der Waals surface area contributed by atoms with Gasteiger partial charge in [0.2, 0.25) is 0 Å². The Morgan fingerprint density at radius 1 is 1.04 bits per heavy atom. The van der Waals surface area contributed by atoms with Crippen LogP contribution in [0, 0.1) is 5.92 Å². The maximum absolute atomic E-state index is 12.7.